The van der Waals surface area contributed by atoms with E-state index in [0.29, 0.717) is 33.7 Å². The quantitative estimate of drug-likeness (QED) is 0.893. The Morgan fingerprint density at radius 1 is 1.15 bits per heavy atom. The van der Waals surface area contributed by atoms with E-state index in [1.54, 1.807) is 42.5 Å². The van der Waals surface area contributed by atoms with E-state index in [1.165, 1.54) is 0 Å². The predicted molar refractivity (Wildman–Crippen MR) is 82.0 cm³/mol. The fourth-order valence-corrected chi connectivity index (χ4v) is 2.25. The molecule has 1 amide bonds. The number of hydrogen-bond donors (Lipinski definition) is 1. The van der Waals surface area contributed by atoms with Crippen molar-refractivity contribution in [3.8, 4) is 5.75 Å². The van der Waals surface area contributed by atoms with Crippen molar-refractivity contribution in [3.63, 3.8) is 0 Å². The van der Waals surface area contributed by atoms with Crippen LogP contribution < -0.4 is 10.1 Å². The van der Waals surface area contributed by atoms with Gasteiger partial charge in [-0.05, 0) is 43.3 Å². The lowest BCUT2D eigenvalue weighted by Crippen LogP contribution is -2.12. The second-order valence-corrected chi connectivity index (χ2v) is 4.95. The van der Waals surface area contributed by atoms with Crippen molar-refractivity contribution in [2.75, 3.05) is 11.9 Å². The number of hydrogen-bond acceptors (Lipinski definition) is 2. The molecule has 0 aromatic heterocycles. The Kier molecular flexibility index (Phi) is 4.88. The van der Waals surface area contributed by atoms with Crippen LogP contribution in [0.4, 0.5) is 5.69 Å². The van der Waals surface area contributed by atoms with Crippen molar-refractivity contribution < 1.29 is 9.53 Å². The van der Waals surface area contributed by atoms with Gasteiger partial charge < -0.3 is 10.1 Å². The Morgan fingerprint density at radius 3 is 2.50 bits per heavy atom. The fraction of sp³-hybridized carbons (Fsp3) is 0.133. The summed E-state index contributed by atoms with van der Waals surface area (Å²) >= 11 is 11.8. The lowest BCUT2D eigenvalue weighted by atomic mass is 10.2. The van der Waals surface area contributed by atoms with Gasteiger partial charge >= 0.3 is 0 Å². The average molecular weight is 310 g/mol. The molecule has 0 spiro atoms. The lowest BCUT2D eigenvalue weighted by molar-refractivity contribution is 0.102. The van der Waals surface area contributed by atoms with Crippen LogP contribution in [0.25, 0.3) is 0 Å². The topological polar surface area (TPSA) is 38.3 Å². The minimum atomic E-state index is -0.245. The highest BCUT2D eigenvalue weighted by molar-refractivity contribution is 6.35. The SMILES string of the molecule is CCOc1cccc(C(=O)Nc2cc(Cl)cc(Cl)c2)c1. The highest BCUT2D eigenvalue weighted by Crippen LogP contribution is 2.23. The Hall–Kier alpha value is -1.71. The Balaban J connectivity index is 2.17. The predicted octanol–water partition coefficient (Wildman–Crippen LogP) is 4.64. The standard InChI is InChI=1S/C15H13Cl2NO2/c1-2-20-14-5-3-4-10(6-14)15(19)18-13-8-11(16)7-12(17)9-13/h3-9H,2H2,1H3,(H,18,19). The molecular weight excluding hydrogens is 297 g/mol. The Labute approximate surface area is 127 Å². The molecule has 1 N–H and O–H groups in total. The molecule has 104 valence electrons. The molecule has 3 nitrogen and oxygen atoms in total. The van der Waals surface area contributed by atoms with Gasteiger partial charge in [-0.25, -0.2) is 0 Å². The Bertz CT molecular complexity index is 609. The molecule has 0 unspecified atom stereocenters. The number of carbonyl (C=O) groups excluding carboxylic acids is 1. The number of nitrogens with one attached hydrogen (secondary N) is 1. The van der Waals surface area contributed by atoms with Crippen molar-refractivity contribution in [2.24, 2.45) is 0 Å². The molecule has 5 heteroatoms. The van der Waals surface area contributed by atoms with Gasteiger partial charge in [0.15, 0.2) is 0 Å². The summed E-state index contributed by atoms with van der Waals surface area (Å²) in [5.41, 5.74) is 1.06. The molecule has 0 aliphatic rings. The van der Waals surface area contributed by atoms with Crippen LogP contribution in [0.15, 0.2) is 42.5 Å². The zero-order chi connectivity index (χ0) is 14.5. The summed E-state index contributed by atoms with van der Waals surface area (Å²) in [6.07, 6.45) is 0. The van der Waals surface area contributed by atoms with E-state index in [1.807, 2.05) is 6.92 Å². The molecule has 0 saturated carbocycles. The Morgan fingerprint density at radius 2 is 1.85 bits per heavy atom. The molecule has 0 saturated heterocycles. The smallest absolute Gasteiger partial charge is 0.255 e. The summed E-state index contributed by atoms with van der Waals surface area (Å²) in [6, 6.07) is 11.8. The van der Waals surface area contributed by atoms with E-state index in [4.69, 9.17) is 27.9 Å². The van der Waals surface area contributed by atoms with Crippen molar-refractivity contribution in [1.29, 1.82) is 0 Å². The van der Waals surface area contributed by atoms with Crippen LogP contribution in [-0.4, -0.2) is 12.5 Å². The van der Waals surface area contributed by atoms with Crippen molar-refractivity contribution in [3.05, 3.63) is 58.1 Å². The van der Waals surface area contributed by atoms with Gasteiger partial charge in [0.05, 0.1) is 6.61 Å². The maximum absolute atomic E-state index is 12.1. The van der Waals surface area contributed by atoms with E-state index in [2.05, 4.69) is 5.32 Å². The first-order valence-electron chi connectivity index (χ1n) is 6.09. The second-order valence-electron chi connectivity index (χ2n) is 4.07. The molecule has 0 aliphatic heterocycles. The van der Waals surface area contributed by atoms with Crippen LogP contribution in [0.3, 0.4) is 0 Å². The summed E-state index contributed by atoms with van der Waals surface area (Å²) in [6.45, 7) is 2.44. The number of amides is 1. The first kappa shape index (κ1) is 14.7. The first-order chi connectivity index (χ1) is 9.58. The number of halogens is 2. The number of carbonyl (C=O) groups is 1. The lowest BCUT2D eigenvalue weighted by Gasteiger charge is -2.08. The van der Waals surface area contributed by atoms with E-state index < -0.39 is 0 Å². The maximum Gasteiger partial charge on any atom is 0.255 e. The molecule has 2 aromatic carbocycles. The summed E-state index contributed by atoms with van der Waals surface area (Å²) in [5, 5.41) is 3.68. The molecule has 0 bridgehead atoms. The molecule has 0 aliphatic carbocycles. The highest BCUT2D eigenvalue weighted by atomic mass is 35.5. The second kappa shape index (κ2) is 6.64. The first-order valence-corrected chi connectivity index (χ1v) is 6.84. The fourth-order valence-electron chi connectivity index (χ4n) is 1.72. The molecule has 0 atom stereocenters. The number of benzene rings is 2. The monoisotopic (exact) mass is 309 g/mol. The summed E-state index contributed by atoms with van der Waals surface area (Å²) in [4.78, 5) is 12.1. The van der Waals surface area contributed by atoms with E-state index >= 15 is 0 Å². The van der Waals surface area contributed by atoms with Gasteiger partial charge in [0.2, 0.25) is 0 Å². The van der Waals surface area contributed by atoms with Crippen LogP contribution in [0, 0.1) is 0 Å². The van der Waals surface area contributed by atoms with Crippen molar-refractivity contribution in [2.45, 2.75) is 6.92 Å². The third kappa shape index (κ3) is 3.89. The summed E-state index contributed by atoms with van der Waals surface area (Å²) in [5.74, 6) is 0.411. The third-order valence-electron chi connectivity index (χ3n) is 2.53. The van der Waals surface area contributed by atoms with Crippen LogP contribution in [0.2, 0.25) is 10.0 Å². The van der Waals surface area contributed by atoms with Crippen LogP contribution in [0.5, 0.6) is 5.75 Å². The van der Waals surface area contributed by atoms with Gasteiger partial charge in [-0.1, -0.05) is 29.3 Å². The van der Waals surface area contributed by atoms with Crippen LogP contribution in [-0.2, 0) is 0 Å². The van der Waals surface area contributed by atoms with E-state index in [9.17, 15) is 4.79 Å². The van der Waals surface area contributed by atoms with Crippen molar-refractivity contribution in [1.82, 2.24) is 0 Å². The van der Waals surface area contributed by atoms with Gasteiger partial charge in [0, 0.05) is 21.3 Å². The molecule has 2 aromatic rings. The van der Waals surface area contributed by atoms with Gasteiger partial charge in [0.1, 0.15) is 5.75 Å². The normalized spacial score (nSPS) is 10.2. The minimum absolute atomic E-state index is 0.245. The van der Waals surface area contributed by atoms with Gasteiger partial charge in [-0.3, -0.25) is 4.79 Å². The summed E-state index contributed by atoms with van der Waals surface area (Å²) < 4.78 is 5.36. The van der Waals surface area contributed by atoms with Crippen LogP contribution in [0.1, 0.15) is 17.3 Å². The molecule has 0 fully saturated rings. The number of ether oxygens (including phenoxy) is 1. The summed E-state index contributed by atoms with van der Waals surface area (Å²) in [7, 11) is 0. The van der Waals surface area contributed by atoms with E-state index in [0.717, 1.165) is 0 Å². The third-order valence-corrected chi connectivity index (χ3v) is 2.96. The zero-order valence-corrected chi connectivity index (χ0v) is 12.3. The van der Waals surface area contributed by atoms with Gasteiger partial charge in [0.25, 0.3) is 5.91 Å². The van der Waals surface area contributed by atoms with Gasteiger partial charge in [-0.2, -0.15) is 0 Å². The molecule has 20 heavy (non-hydrogen) atoms. The molecular formula is C15H13Cl2NO2. The highest BCUT2D eigenvalue weighted by Gasteiger charge is 2.08. The van der Waals surface area contributed by atoms with Crippen LogP contribution >= 0.6 is 23.2 Å². The maximum atomic E-state index is 12.1. The molecule has 0 heterocycles. The van der Waals surface area contributed by atoms with Crippen molar-refractivity contribution >= 4 is 34.8 Å². The van der Waals surface area contributed by atoms with Gasteiger partial charge in [-0.15, -0.1) is 0 Å². The zero-order valence-electron chi connectivity index (χ0n) is 10.8. The largest absolute Gasteiger partial charge is 0.494 e. The van der Waals surface area contributed by atoms with E-state index in [-0.39, 0.29) is 5.91 Å². The number of rotatable bonds is 4. The average Bonchev–Trinajstić information content (AvgIpc) is 2.38. The number of anilines is 1. The minimum Gasteiger partial charge on any atom is -0.494 e. The molecule has 2 rings (SSSR count). The molecule has 0 radical (unpaired) electrons.